The van der Waals surface area contributed by atoms with Crippen LogP contribution in [-0.4, -0.2) is 43.8 Å². The lowest BCUT2D eigenvalue weighted by Gasteiger charge is -2.27. The molecule has 16 heavy (non-hydrogen) atoms. The molecule has 0 radical (unpaired) electrons. The van der Waals surface area contributed by atoms with Gasteiger partial charge in [0.15, 0.2) is 0 Å². The van der Waals surface area contributed by atoms with E-state index in [0.717, 1.165) is 38.6 Å². The maximum absolute atomic E-state index is 5.85. The van der Waals surface area contributed by atoms with E-state index in [2.05, 4.69) is 25.7 Å². The summed E-state index contributed by atoms with van der Waals surface area (Å²) in [7, 11) is 0. The molecule has 1 saturated heterocycles. The van der Waals surface area contributed by atoms with Crippen LogP contribution in [0.5, 0.6) is 0 Å². The Balaban J connectivity index is 2.37. The topological polar surface area (TPSA) is 38.5 Å². The van der Waals surface area contributed by atoms with E-state index in [0.29, 0.717) is 12.0 Å². The molecule has 0 aliphatic carbocycles. The number of rotatable bonds is 5. The summed E-state index contributed by atoms with van der Waals surface area (Å²) in [5.74, 6) is 1.39. The van der Waals surface area contributed by atoms with Crippen molar-refractivity contribution in [3.63, 3.8) is 0 Å². The molecule has 1 aliphatic heterocycles. The molecule has 2 atom stereocenters. The van der Waals surface area contributed by atoms with Gasteiger partial charge in [-0.2, -0.15) is 0 Å². The first-order chi connectivity index (χ1) is 7.61. The zero-order chi connectivity index (χ0) is 12.0. The average Bonchev–Trinajstić information content (AvgIpc) is 2.41. The summed E-state index contributed by atoms with van der Waals surface area (Å²) in [4.78, 5) is 2.53. The van der Waals surface area contributed by atoms with Crippen molar-refractivity contribution in [3.8, 4) is 0 Å². The fraction of sp³-hybridized carbons (Fsp3) is 1.00. The Bertz CT molecular complexity index is 185. The van der Waals surface area contributed by atoms with E-state index >= 15 is 0 Å². The summed E-state index contributed by atoms with van der Waals surface area (Å²) in [5, 5.41) is 0. The normalized spacial score (nSPS) is 25.7. The highest BCUT2D eigenvalue weighted by atomic mass is 16.5. The molecule has 96 valence electrons. The third kappa shape index (κ3) is 5.28. The van der Waals surface area contributed by atoms with Crippen molar-refractivity contribution in [3.05, 3.63) is 0 Å². The van der Waals surface area contributed by atoms with Crippen LogP contribution in [0.25, 0.3) is 0 Å². The third-order valence-electron chi connectivity index (χ3n) is 3.19. The first kappa shape index (κ1) is 13.9. The van der Waals surface area contributed by atoms with Crippen LogP contribution in [0, 0.1) is 11.8 Å². The predicted octanol–water partition coefficient (Wildman–Crippen LogP) is 1.72. The fourth-order valence-corrected chi connectivity index (χ4v) is 2.52. The largest absolute Gasteiger partial charge is 0.377 e. The highest BCUT2D eigenvalue weighted by Gasteiger charge is 2.18. The Morgan fingerprint density at radius 1 is 1.44 bits per heavy atom. The molecular formula is C13H28N2O. The van der Waals surface area contributed by atoms with Crippen molar-refractivity contribution in [1.82, 2.24) is 4.90 Å². The summed E-state index contributed by atoms with van der Waals surface area (Å²) in [6.45, 7) is 11.8. The number of ether oxygens (including phenoxy) is 1. The lowest BCUT2D eigenvalue weighted by atomic mass is 9.96. The molecule has 1 heterocycles. The molecule has 0 bridgehead atoms. The lowest BCUT2D eigenvalue weighted by Crippen LogP contribution is -2.37. The Morgan fingerprint density at radius 2 is 2.19 bits per heavy atom. The van der Waals surface area contributed by atoms with E-state index in [1.165, 1.54) is 13.0 Å². The van der Waals surface area contributed by atoms with Gasteiger partial charge in [-0.3, -0.25) is 0 Å². The van der Waals surface area contributed by atoms with Crippen LogP contribution >= 0.6 is 0 Å². The molecule has 1 rings (SSSR count). The minimum atomic E-state index is 0.375. The van der Waals surface area contributed by atoms with Crippen LogP contribution in [-0.2, 0) is 4.74 Å². The van der Waals surface area contributed by atoms with Crippen LogP contribution in [0.4, 0.5) is 0 Å². The first-order valence-corrected chi connectivity index (χ1v) is 6.65. The average molecular weight is 228 g/mol. The number of nitrogens with zero attached hydrogens (tertiary/aromatic N) is 1. The van der Waals surface area contributed by atoms with Crippen molar-refractivity contribution < 1.29 is 4.74 Å². The van der Waals surface area contributed by atoms with Crippen LogP contribution in [0.3, 0.4) is 0 Å². The van der Waals surface area contributed by atoms with Gasteiger partial charge in [-0.15, -0.1) is 0 Å². The van der Waals surface area contributed by atoms with E-state index in [1.54, 1.807) is 0 Å². The molecule has 1 aliphatic rings. The number of hydrogen-bond acceptors (Lipinski definition) is 3. The molecule has 1 fully saturated rings. The molecule has 0 saturated carbocycles. The van der Waals surface area contributed by atoms with Crippen molar-refractivity contribution in [2.24, 2.45) is 17.6 Å². The standard InChI is InChI=1S/C13H28N2O/c1-11(2)7-13(8-14)10-15-5-4-6-16-12(3)9-15/h11-13H,4-10,14H2,1-3H3. The van der Waals surface area contributed by atoms with Crippen molar-refractivity contribution in [2.45, 2.75) is 39.7 Å². The molecule has 0 amide bonds. The second-order valence-corrected chi connectivity index (χ2v) is 5.53. The molecule has 0 aromatic rings. The van der Waals surface area contributed by atoms with Gasteiger partial charge in [-0.05, 0) is 38.1 Å². The first-order valence-electron chi connectivity index (χ1n) is 6.65. The van der Waals surface area contributed by atoms with Gasteiger partial charge in [0.2, 0.25) is 0 Å². The lowest BCUT2D eigenvalue weighted by molar-refractivity contribution is 0.0651. The number of hydrogen-bond donors (Lipinski definition) is 1. The van der Waals surface area contributed by atoms with Gasteiger partial charge >= 0.3 is 0 Å². The minimum Gasteiger partial charge on any atom is -0.377 e. The quantitative estimate of drug-likeness (QED) is 0.778. The molecule has 2 unspecified atom stereocenters. The summed E-state index contributed by atoms with van der Waals surface area (Å²) >= 11 is 0. The highest BCUT2D eigenvalue weighted by Crippen LogP contribution is 2.14. The summed E-state index contributed by atoms with van der Waals surface area (Å²) < 4.78 is 5.66. The van der Waals surface area contributed by atoms with Crippen molar-refractivity contribution >= 4 is 0 Å². The van der Waals surface area contributed by atoms with E-state index in [-0.39, 0.29) is 0 Å². The van der Waals surface area contributed by atoms with Gasteiger partial charge < -0.3 is 15.4 Å². The molecule has 2 N–H and O–H groups in total. The molecule has 3 heteroatoms. The van der Waals surface area contributed by atoms with Gasteiger partial charge in [0, 0.05) is 26.2 Å². The van der Waals surface area contributed by atoms with Gasteiger partial charge in [0.1, 0.15) is 0 Å². The van der Waals surface area contributed by atoms with Crippen LogP contribution in [0.1, 0.15) is 33.6 Å². The molecular weight excluding hydrogens is 200 g/mol. The van der Waals surface area contributed by atoms with E-state index in [9.17, 15) is 0 Å². The second kappa shape index (κ2) is 7.25. The van der Waals surface area contributed by atoms with Gasteiger partial charge in [-0.1, -0.05) is 13.8 Å². The Hall–Kier alpha value is -0.120. The van der Waals surface area contributed by atoms with E-state index < -0.39 is 0 Å². The Labute approximate surface area is 100 Å². The number of nitrogens with two attached hydrogens (primary N) is 1. The van der Waals surface area contributed by atoms with Gasteiger partial charge in [0.25, 0.3) is 0 Å². The summed E-state index contributed by atoms with van der Waals surface area (Å²) in [6, 6.07) is 0. The van der Waals surface area contributed by atoms with E-state index in [1.807, 2.05) is 0 Å². The highest BCUT2D eigenvalue weighted by molar-refractivity contribution is 4.72. The third-order valence-corrected chi connectivity index (χ3v) is 3.19. The van der Waals surface area contributed by atoms with Crippen LogP contribution in [0.15, 0.2) is 0 Å². The van der Waals surface area contributed by atoms with Crippen molar-refractivity contribution in [2.75, 3.05) is 32.8 Å². The van der Waals surface area contributed by atoms with Crippen molar-refractivity contribution in [1.29, 1.82) is 0 Å². The molecule has 3 nitrogen and oxygen atoms in total. The molecule has 0 aromatic carbocycles. The zero-order valence-corrected chi connectivity index (χ0v) is 11.1. The maximum Gasteiger partial charge on any atom is 0.0673 e. The summed E-state index contributed by atoms with van der Waals surface area (Å²) in [6.07, 6.45) is 2.77. The van der Waals surface area contributed by atoms with Crippen LogP contribution in [0.2, 0.25) is 0 Å². The predicted molar refractivity (Wildman–Crippen MR) is 68.5 cm³/mol. The molecule has 0 spiro atoms. The Kier molecular flexibility index (Phi) is 6.32. The fourth-order valence-electron chi connectivity index (χ4n) is 2.52. The molecule has 0 aromatic heterocycles. The monoisotopic (exact) mass is 228 g/mol. The smallest absolute Gasteiger partial charge is 0.0673 e. The Morgan fingerprint density at radius 3 is 2.81 bits per heavy atom. The second-order valence-electron chi connectivity index (χ2n) is 5.53. The zero-order valence-electron chi connectivity index (χ0n) is 11.1. The maximum atomic E-state index is 5.85. The van der Waals surface area contributed by atoms with Crippen LogP contribution < -0.4 is 5.73 Å². The van der Waals surface area contributed by atoms with Gasteiger partial charge in [0.05, 0.1) is 6.10 Å². The van der Waals surface area contributed by atoms with E-state index in [4.69, 9.17) is 10.5 Å². The summed E-state index contributed by atoms with van der Waals surface area (Å²) in [5.41, 5.74) is 5.85. The SMILES string of the molecule is CC(C)CC(CN)CN1CCCOC(C)C1. The van der Waals surface area contributed by atoms with Gasteiger partial charge in [-0.25, -0.2) is 0 Å². The minimum absolute atomic E-state index is 0.375.